The van der Waals surface area contributed by atoms with Crippen molar-refractivity contribution in [2.45, 2.75) is 32.6 Å². The van der Waals surface area contributed by atoms with Crippen LogP contribution in [0.1, 0.15) is 31.7 Å². The van der Waals surface area contributed by atoms with Crippen molar-refractivity contribution in [1.82, 2.24) is 16.2 Å². The van der Waals surface area contributed by atoms with E-state index in [-0.39, 0.29) is 36.2 Å². The number of anilines is 1. The summed E-state index contributed by atoms with van der Waals surface area (Å²) in [5, 5.41) is 5.19. The third kappa shape index (κ3) is 9.72. The fraction of sp³-hybridized carbons (Fsp3) is 0.273. The first-order valence-electron chi connectivity index (χ1n) is 9.91. The summed E-state index contributed by atoms with van der Waals surface area (Å²) >= 11 is 4.98. The highest BCUT2D eigenvalue weighted by molar-refractivity contribution is 7.80. The number of hydrogen-bond acceptors (Lipinski definition) is 5. The number of hydrazine groups is 1. The number of carbonyl (C=O) groups is 3. The Balaban J connectivity index is 1.60. The molecule has 0 saturated carbocycles. The molecule has 0 unspecified atom stereocenters. The molecule has 0 radical (unpaired) electrons. The van der Waals surface area contributed by atoms with Gasteiger partial charge in [0, 0.05) is 24.9 Å². The summed E-state index contributed by atoms with van der Waals surface area (Å²) in [6.07, 6.45) is 0.813. The number of nitrogens with one attached hydrogen (secondary N) is 4. The summed E-state index contributed by atoms with van der Waals surface area (Å²) < 4.78 is 5.34. The Morgan fingerprint density at radius 2 is 1.52 bits per heavy atom. The molecule has 9 heteroatoms. The van der Waals surface area contributed by atoms with Gasteiger partial charge in [-0.05, 0) is 55.4 Å². The number of rotatable bonds is 9. The first-order valence-corrected chi connectivity index (χ1v) is 10.3. The van der Waals surface area contributed by atoms with E-state index in [1.54, 1.807) is 24.3 Å². The molecule has 2 aromatic rings. The van der Waals surface area contributed by atoms with Gasteiger partial charge in [-0.25, -0.2) is 0 Å². The Labute approximate surface area is 186 Å². The minimum atomic E-state index is -0.428. The molecule has 2 aromatic carbocycles. The first kappa shape index (κ1) is 23.8. The monoisotopic (exact) mass is 442 g/mol. The van der Waals surface area contributed by atoms with Crippen molar-refractivity contribution in [3.05, 3.63) is 60.2 Å². The van der Waals surface area contributed by atoms with Gasteiger partial charge in [-0.3, -0.25) is 25.2 Å². The molecule has 2 rings (SSSR count). The predicted octanol–water partition coefficient (Wildman–Crippen LogP) is 2.46. The number of hydrogen-bond donors (Lipinski definition) is 4. The minimum Gasteiger partial charge on any atom is -0.494 e. The molecule has 164 valence electrons. The van der Waals surface area contributed by atoms with Crippen LogP contribution in [0.5, 0.6) is 5.75 Å². The third-order valence-electron chi connectivity index (χ3n) is 4.08. The second-order valence-electron chi connectivity index (χ2n) is 6.54. The molecule has 0 fully saturated rings. The molecule has 3 amide bonds. The van der Waals surface area contributed by atoms with Crippen molar-refractivity contribution >= 4 is 40.7 Å². The summed E-state index contributed by atoms with van der Waals surface area (Å²) in [4.78, 5) is 35.8. The molecule has 0 saturated heterocycles. The second kappa shape index (κ2) is 13.0. The number of ether oxygens (including phenoxy) is 1. The van der Waals surface area contributed by atoms with Gasteiger partial charge in [-0.15, -0.1) is 0 Å². The second-order valence-corrected chi connectivity index (χ2v) is 6.95. The maximum atomic E-state index is 12.0. The molecule has 0 atom stereocenters. The van der Waals surface area contributed by atoms with Gasteiger partial charge in [0.2, 0.25) is 17.7 Å². The van der Waals surface area contributed by atoms with Crippen molar-refractivity contribution in [3.63, 3.8) is 0 Å². The maximum Gasteiger partial charge on any atom is 0.238 e. The Hall–Kier alpha value is -3.46. The summed E-state index contributed by atoms with van der Waals surface area (Å²) in [5.41, 5.74) is 6.48. The Bertz CT molecular complexity index is 888. The van der Waals surface area contributed by atoms with E-state index in [0.29, 0.717) is 24.5 Å². The fourth-order valence-corrected chi connectivity index (χ4v) is 2.73. The molecule has 0 aliphatic carbocycles. The van der Waals surface area contributed by atoms with Crippen LogP contribution in [-0.2, 0) is 20.8 Å². The van der Waals surface area contributed by atoms with Gasteiger partial charge in [0.25, 0.3) is 0 Å². The molecule has 0 bridgehead atoms. The van der Waals surface area contributed by atoms with Crippen molar-refractivity contribution in [2.24, 2.45) is 0 Å². The normalized spacial score (nSPS) is 9.97. The lowest BCUT2D eigenvalue weighted by molar-refractivity contribution is -0.124. The lowest BCUT2D eigenvalue weighted by atomic mass is 10.1. The van der Waals surface area contributed by atoms with Gasteiger partial charge in [0.15, 0.2) is 5.11 Å². The van der Waals surface area contributed by atoms with Gasteiger partial charge in [-0.1, -0.05) is 30.3 Å². The highest BCUT2D eigenvalue weighted by Gasteiger charge is 2.09. The molecule has 0 heterocycles. The van der Waals surface area contributed by atoms with Crippen LogP contribution in [0, 0.1) is 0 Å². The Morgan fingerprint density at radius 1 is 0.839 bits per heavy atom. The van der Waals surface area contributed by atoms with E-state index in [4.69, 9.17) is 17.0 Å². The van der Waals surface area contributed by atoms with Crippen molar-refractivity contribution in [2.75, 3.05) is 11.9 Å². The molecular formula is C22H26N4O4S. The van der Waals surface area contributed by atoms with Crippen LogP contribution >= 0.6 is 12.2 Å². The van der Waals surface area contributed by atoms with Crippen LogP contribution in [0.25, 0.3) is 0 Å². The van der Waals surface area contributed by atoms with E-state index in [0.717, 1.165) is 5.56 Å². The zero-order valence-corrected chi connectivity index (χ0v) is 18.1. The molecule has 0 aliphatic heterocycles. The number of benzene rings is 2. The van der Waals surface area contributed by atoms with Crippen LogP contribution in [-0.4, -0.2) is 29.4 Å². The first-order chi connectivity index (χ1) is 15.0. The Kier molecular flexibility index (Phi) is 9.96. The zero-order valence-electron chi connectivity index (χ0n) is 17.3. The Morgan fingerprint density at radius 3 is 2.19 bits per heavy atom. The van der Waals surface area contributed by atoms with Crippen LogP contribution in [0.15, 0.2) is 54.6 Å². The topological polar surface area (TPSA) is 109 Å². The number of amides is 3. The number of aryl methyl sites for hydroxylation is 1. The fourth-order valence-electron chi connectivity index (χ4n) is 2.56. The zero-order chi connectivity index (χ0) is 22.5. The summed E-state index contributed by atoms with van der Waals surface area (Å²) in [6.45, 7) is 2.46. The maximum absolute atomic E-state index is 12.0. The van der Waals surface area contributed by atoms with Gasteiger partial charge in [-0.2, -0.15) is 0 Å². The molecular weight excluding hydrogens is 416 g/mol. The van der Waals surface area contributed by atoms with E-state index in [1.807, 2.05) is 37.3 Å². The van der Waals surface area contributed by atoms with E-state index in [9.17, 15) is 14.4 Å². The highest BCUT2D eigenvalue weighted by atomic mass is 32.1. The van der Waals surface area contributed by atoms with Crippen LogP contribution in [0.2, 0.25) is 0 Å². The molecule has 0 aliphatic rings. The van der Waals surface area contributed by atoms with Crippen LogP contribution in [0.4, 0.5) is 5.69 Å². The standard InChI is InChI=1S/C22H26N4O4S/c1-2-30-18-11-9-17(10-12-18)23-19(27)14-15-21(29)25-26-22(31)24-20(28)13-8-16-6-4-3-5-7-16/h3-7,9-12H,2,8,13-15H2,1H3,(H,23,27)(H,25,29)(H2,24,26,28,31). The van der Waals surface area contributed by atoms with E-state index in [1.165, 1.54) is 0 Å². The van der Waals surface area contributed by atoms with Crippen molar-refractivity contribution in [3.8, 4) is 5.75 Å². The molecule has 4 N–H and O–H groups in total. The lowest BCUT2D eigenvalue weighted by Gasteiger charge is -2.11. The summed E-state index contributed by atoms with van der Waals surface area (Å²) in [5.74, 6) is -0.266. The number of thiocarbonyl (C=S) groups is 1. The smallest absolute Gasteiger partial charge is 0.238 e. The van der Waals surface area contributed by atoms with Crippen LogP contribution < -0.4 is 26.2 Å². The van der Waals surface area contributed by atoms with Crippen LogP contribution in [0.3, 0.4) is 0 Å². The average molecular weight is 443 g/mol. The third-order valence-corrected chi connectivity index (χ3v) is 4.28. The van der Waals surface area contributed by atoms with Crippen molar-refractivity contribution in [1.29, 1.82) is 0 Å². The molecule has 0 aromatic heterocycles. The van der Waals surface area contributed by atoms with Gasteiger partial charge in [0.05, 0.1) is 6.61 Å². The van der Waals surface area contributed by atoms with Crippen molar-refractivity contribution < 1.29 is 19.1 Å². The highest BCUT2D eigenvalue weighted by Crippen LogP contribution is 2.15. The van der Waals surface area contributed by atoms with E-state index in [2.05, 4.69) is 21.5 Å². The lowest BCUT2D eigenvalue weighted by Crippen LogP contribution is -2.48. The predicted molar refractivity (Wildman–Crippen MR) is 122 cm³/mol. The van der Waals surface area contributed by atoms with Gasteiger partial charge < -0.3 is 15.4 Å². The molecule has 8 nitrogen and oxygen atoms in total. The van der Waals surface area contributed by atoms with Gasteiger partial charge >= 0.3 is 0 Å². The average Bonchev–Trinajstić information content (AvgIpc) is 2.77. The van der Waals surface area contributed by atoms with E-state index >= 15 is 0 Å². The largest absolute Gasteiger partial charge is 0.494 e. The minimum absolute atomic E-state index is 0.00305. The van der Waals surface area contributed by atoms with Gasteiger partial charge in [0.1, 0.15) is 5.75 Å². The quantitative estimate of drug-likeness (QED) is 0.351. The summed E-state index contributed by atoms with van der Waals surface area (Å²) in [7, 11) is 0. The number of carbonyl (C=O) groups excluding carboxylic acids is 3. The molecule has 31 heavy (non-hydrogen) atoms. The SMILES string of the molecule is CCOc1ccc(NC(=O)CCC(=O)NNC(=S)NC(=O)CCc2ccccc2)cc1. The summed E-state index contributed by atoms with van der Waals surface area (Å²) in [6, 6.07) is 16.6. The molecule has 0 spiro atoms. The van der Waals surface area contributed by atoms with E-state index < -0.39 is 5.91 Å².